The quantitative estimate of drug-likeness (QED) is 0.838. The van der Waals surface area contributed by atoms with Crippen molar-refractivity contribution in [1.82, 2.24) is 9.29 Å². The first-order valence-corrected chi connectivity index (χ1v) is 7.59. The van der Waals surface area contributed by atoms with E-state index in [0.717, 1.165) is 0 Å². The number of sulfonamides is 1. The Morgan fingerprint density at radius 1 is 1.05 bits per heavy atom. The molecule has 1 N–H and O–H groups in total. The van der Waals surface area contributed by atoms with Crippen LogP contribution in [0.3, 0.4) is 0 Å². The van der Waals surface area contributed by atoms with E-state index in [9.17, 15) is 26.4 Å². The molecule has 2 rings (SSSR count). The fraction of sp³-hybridized carbons (Fsp3) is 0.154. The van der Waals surface area contributed by atoms with Gasteiger partial charge in [-0.25, -0.2) is 26.3 Å². The topological polar surface area (TPSA) is 68.2 Å². The fourth-order valence-corrected chi connectivity index (χ4v) is 2.82. The summed E-state index contributed by atoms with van der Waals surface area (Å²) in [5.41, 5.74) is -0.333. The number of pyridine rings is 1. The van der Waals surface area contributed by atoms with E-state index >= 15 is 0 Å². The zero-order valence-corrected chi connectivity index (χ0v) is 11.9. The third kappa shape index (κ3) is 3.55. The van der Waals surface area contributed by atoms with Crippen molar-refractivity contribution in [3.63, 3.8) is 0 Å². The van der Waals surface area contributed by atoms with Gasteiger partial charge in [0.25, 0.3) is 5.56 Å². The molecule has 0 spiro atoms. The Morgan fingerprint density at radius 2 is 1.73 bits per heavy atom. The van der Waals surface area contributed by atoms with Crippen LogP contribution in [0.15, 0.2) is 46.2 Å². The molecule has 1 aromatic carbocycles. The minimum atomic E-state index is -4.36. The summed E-state index contributed by atoms with van der Waals surface area (Å²) in [6, 6.07) is 4.83. The molecular formula is C13H11F3N2O3S. The van der Waals surface area contributed by atoms with Gasteiger partial charge in [-0.2, -0.15) is 0 Å². The highest BCUT2D eigenvalue weighted by atomic mass is 32.2. The molecule has 0 saturated heterocycles. The number of halogens is 3. The monoisotopic (exact) mass is 332 g/mol. The minimum Gasteiger partial charge on any atom is -0.314 e. The lowest BCUT2D eigenvalue weighted by molar-refractivity contribution is 0.481. The molecule has 0 saturated carbocycles. The van der Waals surface area contributed by atoms with Gasteiger partial charge in [0.2, 0.25) is 10.0 Å². The normalized spacial score (nSPS) is 11.6. The molecule has 1 heterocycles. The summed E-state index contributed by atoms with van der Waals surface area (Å²) >= 11 is 0. The third-order valence-electron chi connectivity index (χ3n) is 2.81. The summed E-state index contributed by atoms with van der Waals surface area (Å²) in [7, 11) is -4.36. The van der Waals surface area contributed by atoms with Crippen LogP contribution in [0.1, 0.15) is 0 Å². The van der Waals surface area contributed by atoms with Gasteiger partial charge in [-0.1, -0.05) is 6.07 Å². The molecule has 0 aliphatic rings. The van der Waals surface area contributed by atoms with E-state index in [4.69, 9.17) is 0 Å². The summed E-state index contributed by atoms with van der Waals surface area (Å²) in [4.78, 5) is 10.4. The van der Waals surface area contributed by atoms with E-state index in [1.54, 1.807) is 6.07 Å². The van der Waals surface area contributed by atoms with Crippen molar-refractivity contribution in [2.75, 3.05) is 6.54 Å². The van der Waals surface area contributed by atoms with Gasteiger partial charge in [0.1, 0.15) is 10.7 Å². The molecular weight excluding hydrogens is 321 g/mol. The summed E-state index contributed by atoms with van der Waals surface area (Å²) in [6.45, 7) is -0.213. The number of aromatic nitrogens is 1. The summed E-state index contributed by atoms with van der Waals surface area (Å²) < 4.78 is 66.3. The van der Waals surface area contributed by atoms with Crippen molar-refractivity contribution in [3.05, 3.63) is 64.3 Å². The van der Waals surface area contributed by atoms with Gasteiger partial charge in [-0.05, 0) is 12.1 Å². The molecule has 0 amide bonds. The lowest BCUT2D eigenvalue weighted by Gasteiger charge is -2.09. The van der Waals surface area contributed by atoms with E-state index in [1.807, 2.05) is 4.72 Å². The Labute approximate surface area is 124 Å². The maximum atomic E-state index is 13.5. The predicted octanol–water partition coefficient (Wildman–Crippen LogP) is 1.24. The first-order valence-electron chi connectivity index (χ1n) is 6.11. The fourth-order valence-electron chi connectivity index (χ4n) is 1.73. The first kappa shape index (κ1) is 16.2. The molecule has 22 heavy (non-hydrogen) atoms. The molecule has 1 aromatic heterocycles. The third-order valence-corrected chi connectivity index (χ3v) is 4.28. The summed E-state index contributed by atoms with van der Waals surface area (Å²) in [5, 5.41) is 0. The molecule has 118 valence electrons. The largest absolute Gasteiger partial charge is 0.314 e. The van der Waals surface area contributed by atoms with Crippen molar-refractivity contribution >= 4 is 10.0 Å². The molecule has 2 aromatic rings. The maximum Gasteiger partial charge on any atom is 0.250 e. The van der Waals surface area contributed by atoms with Crippen LogP contribution in [0.2, 0.25) is 0 Å². The number of hydrogen-bond acceptors (Lipinski definition) is 3. The summed E-state index contributed by atoms with van der Waals surface area (Å²) in [5.74, 6) is -4.35. The molecule has 0 atom stereocenters. The highest BCUT2D eigenvalue weighted by Gasteiger charge is 2.21. The molecule has 0 bridgehead atoms. The highest BCUT2D eigenvalue weighted by Crippen LogP contribution is 2.18. The van der Waals surface area contributed by atoms with Gasteiger partial charge in [-0.3, -0.25) is 4.79 Å². The van der Waals surface area contributed by atoms with Crippen LogP contribution in [0.5, 0.6) is 0 Å². The minimum absolute atomic E-state index is 0.00417. The van der Waals surface area contributed by atoms with Gasteiger partial charge in [0.05, 0.1) is 0 Å². The standard InChI is InChI=1S/C13H11F3N2O3S/c14-9-7-11(16)12(8-10(9)15)22(20,21)17-4-6-18-5-2-1-3-13(18)19/h1-3,5,7-8,17H,4,6H2. The van der Waals surface area contributed by atoms with E-state index in [1.165, 1.54) is 22.9 Å². The van der Waals surface area contributed by atoms with Gasteiger partial charge in [-0.15, -0.1) is 0 Å². The number of nitrogens with one attached hydrogen (secondary N) is 1. The van der Waals surface area contributed by atoms with Crippen molar-refractivity contribution < 1.29 is 21.6 Å². The first-order chi connectivity index (χ1) is 10.3. The van der Waals surface area contributed by atoms with E-state index in [2.05, 4.69) is 0 Å². The lowest BCUT2D eigenvalue weighted by Crippen LogP contribution is -2.31. The average molecular weight is 332 g/mol. The van der Waals surface area contributed by atoms with E-state index in [0.29, 0.717) is 0 Å². The second-order valence-corrected chi connectivity index (χ2v) is 6.06. The van der Waals surface area contributed by atoms with Crippen LogP contribution >= 0.6 is 0 Å². The molecule has 0 aliphatic carbocycles. The number of hydrogen-bond donors (Lipinski definition) is 1. The maximum absolute atomic E-state index is 13.5. The van der Waals surface area contributed by atoms with Crippen LogP contribution in [0.25, 0.3) is 0 Å². The van der Waals surface area contributed by atoms with Crippen molar-refractivity contribution in [2.24, 2.45) is 0 Å². The van der Waals surface area contributed by atoms with Gasteiger partial charge < -0.3 is 4.57 Å². The van der Waals surface area contributed by atoms with Gasteiger partial charge >= 0.3 is 0 Å². The predicted molar refractivity (Wildman–Crippen MR) is 72.2 cm³/mol. The second-order valence-electron chi connectivity index (χ2n) is 4.33. The summed E-state index contributed by atoms with van der Waals surface area (Å²) in [6.07, 6.45) is 1.45. The highest BCUT2D eigenvalue weighted by molar-refractivity contribution is 7.89. The Kier molecular flexibility index (Phi) is 4.67. The van der Waals surface area contributed by atoms with Gasteiger partial charge in [0.15, 0.2) is 11.6 Å². The van der Waals surface area contributed by atoms with Crippen LogP contribution in [-0.2, 0) is 16.6 Å². The Hall–Kier alpha value is -2.13. The van der Waals surface area contributed by atoms with Crippen LogP contribution in [0, 0.1) is 17.5 Å². The van der Waals surface area contributed by atoms with E-state index in [-0.39, 0.29) is 30.8 Å². The van der Waals surface area contributed by atoms with Crippen molar-refractivity contribution in [1.29, 1.82) is 0 Å². The van der Waals surface area contributed by atoms with E-state index < -0.39 is 32.4 Å². The Balaban J connectivity index is 2.14. The second kappa shape index (κ2) is 6.32. The molecule has 5 nitrogen and oxygen atoms in total. The van der Waals surface area contributed by atoms with Crippen molar-refractivity contribution in [2.45, 2.75) is 11.4 Å². The molecule has 9 heteroatoms. The lowest BCUT2D eigenvalue weighted by atomic mass is 10.3. The zero-order valence-electron chi connectivity index (χ0n) is 11.1. The van der Waals surface area contributed by atoms with Crippen LogP contribution in [0.4, 0.5) is 13.2 Å². The smallest absolute Gasteiger partial charge is 0.250 e. The van der Waals surface area contributed by atoms with Crippen LogP contribution in [-0.4, -0.2) is 19.5 Å². The number of rotatable bonds is 5. The SMILES string of the molecule is O=c1ccccn1CCNS(=O)(=O)c1cc(F)c(F)cc1F. The molecule has 0 fully saturated rings. The van der Waals surface area contributed by atoms with Crippen LogP contribution < -0.4 is 10.3 Å². The van der Waals surface area contributed by atoms with Gasteiger partial charge in [0, 0.05) is 31.4 Å². The zero-order chi connectivity index (χ0) is 16.3. The molecule has 0 unspecified atom stereocenters. The average Bonchev–Trinajstić information content (AvgIpc) is 2.44. The number of nitrogens with zero attached hydrogens (tertiary/aromatic N) is 1. The van der Waals surface area contributed by atoms with Crippen molar-refractivity contribution in [3.8, 4) is 0 Å². The number of benzene rings is 1. The molecule has 0 aliphatic heterocycles. The molecule has 0 radical (unpaired) electrons. The Bertz CT molecular complexity index is 850. The Morgan fingerprint density at radius 3 is 2.41 bits per heavy atom.